The topological polar surface area (TPSA) is 20.3 Å². The monoisotopic (exact) mass is 195 g/mol. The maximum Gasteiger partial charge on any atom is 0.120 e. The SMILES string of the molecule is O=CCC1CCN(C2CCCCC2)C1. The zero-order valence-corrected chi connectivity index (χ0v) is 8.95. The summed E-state index contributed by atoms with van der Waals surface area (Å²) in [7, 11) is 0. The van der Waals surface area contributed by atoms with Gasteiger partial charge in [-0.2, -0.15) is 0 Å². The highest BCUT2D eigenvalue weighted by Gasteiger charge is 2.28. The van der Waals surface area contributed by atoms with Crippen LogP contribution in [0.15, 0.2) is 0 Å². The summed E-state index contributed by atoms with van der Waals surface area (Å²) in [4.78, 5) is 13.1. The van der Waals surface area contributed by atoms with Gasteiger partial charge in [0.05, 0.1) is 0 Å². The van der Waals surface area contributed by atoms with Gasteiger partial charge in [-0.25, -0.2) is 0 Å². The zero-order chi connectivity index (χ0) is 9.80. The van der Waals surface area contributed by atoms with Crippen LogP contribution in [0.25, 0.3) is 0 Å². The fourth-order valence-electron chi connectivity index (χ4n) is 2.97. The normalized spacial score (nSPS) is 30.7. The summed E-state index contributed by atoms with van der Waals surface area (Å²) < 4.78 is 0. The first-order valence-electron chi connectivity index (χ1n) is 6.08. The van der Waals surface area contributed by atoms with Gasteiger partial charge in [0.25, 0.3) is 0 Å². The fourth-order valence-corrected chi connectivity index (χ4v) is 2.97. The van der Waals surface area contributed by atoms with Crippen LogP contribution in [-0.4, -0.2) is 30.3 Å². The molecule has 2 fully saturated rings. The minimum Gasteiger partial charge on any atom is -0.303 e. The third kappa shape index (κ3) is 2.35. The Balaban J connectivity index is 1.78. The molecule has 0 aromatic carbocycles. The predicted molar refractivity (Wildman–Crippen MR) is 57.2 cm³/mol. The first kappa shape index (κ1) is 10.2. The van der Waals surface area contributed by atoms with Gasteiger partial charge in [-0.1, -0.05) is 19.3 Å². The molecular weight excluding hydrogens is 174 g/mol. The minimum atomic E-state index is 0.662. The Bertz CT molecular complexity index is 187. The average molecular weight is 195 g/mol. The molecule has 0 bridgehead atoms. The van der Waals surface area contributed by atoms with E-state index in [4.69, 9.17) is 0 Å². The molecule has 0 spiro atoms. The van der Waals surface area contributed by atoms with E-state index in [1.54, 1.807) is 0 Å². The summed E-state index contributed by atoms with van der Waals surface area (Å²) in [5, 5.41) is 0. The van der Waals surface area contributed by atoms with Gasteiger partial charge < -0.3 is 9.69 Å². The van der Waals surface area contributed by atoms with Crippen LogP contribution in [0.2, 0.25) is 0 Å². The van der Waals surface area contributed by atoms with Crippen molar-refractivity contribution in [3.63, 3.8) is 0 Å². The van der Waals surface area contributed by atoms with Crippen molar-refractivity contribution in [3.8, 4) is 0 Å². The number of rotatable bonds is 3. The summed E-state index contributed by atoms with van der Waals surface area (Å²) in [6.07, 6.45) is 10.2. The molecule has 2 aliphatic rings. The Morgan fingerprint density at radius 3 is 2.64 bits per heavy atom. The first-order valence-corrected chi connectivity index (χ1v) is 6.08. The molecule has 1 heterocycles. The predicted octanol–water partition coefficient (Wildman–Crippen LogP) is 2.23. The van der Waals surface area contributed by atoms with E-state index in [0.717, 1.165) is 18.7 Å². The molecule has 2 heteroatoms. The van der Waals surface area contributed by atoms with Gasteiger partial charge in [-0.3, -0.25) is 0 Å². The van der Waals surface area contributed by atoms with Gasteiger partial charge in [0.1, 0.15) is 6.29 Å². The number of carbonyl (C=O) groups is 1. The Morgan fingerprint density at radius 2 is 1.93 bits per heavy atom. The quantitative estimate of drug-likeness (QED) is 0.644. The van der Waals surface area contributed by atoms with Crippen molar-refractivity contribution in [2.75, 3.05) is 13.1 Å². The number of nitrogens with zero attached hydrogens (tertiary/aromatic N) is 1. The second-order valence-corrected chi connectivity index (χ2v) is 4.84. The van der Waals surface area contributed by atoms with Crippen molar-refractivity contribution in [1.29, 1.82) is 0 Å². The molecule has 0 N–H and O–H groups in total. The van der Waals surface area contributed by atoms with Crippen LogP contribution >= 0.6 is 0 Å². The van der Waals surface area contributed by atoms with E-state index < -0.39 is 0 Å². The first-order chi connectivity index (χ1) is 6.90. The van der Waals surface area contributed by atoms with Crippen molar-refractivity contribution in [2.45, 2.75) is 51.0 Å². The molecule has 0 aromatic rings. The van der Waals surface area contributed by atoms with Crippen LogP contribution in [-0.2, 0) is 4.79 Å². The highest BCUT2D eigenvalue weighted by molar-refractivity contribution is 5.49. The molecule has 1 saturated heterocycles. The lowest BCUT2D eigenvalue weighted by atomic mass is 9.94. The highest BCUT2D eigenvalue weighted by Crippen LogP contribution is 2.28. The Hall–Kier alpha value is -0.370. The van der Waals surface area contributed by atoms with Crippen molar-refractivity contribution in [2.24, 2.45) is 5.92 Å². The van der Waals surface area contributed by atoms with Gasteiger partial charge in [0, 0.05) is 19.0 Å². The second-order valence-electron chi connectivity index (χ2n) is 4.84. The Labute approximate surface area is 86.7 Å². The van der Waals surface area contributed by atoms with Gasteiger partial charge in [-0.15, -0.1) is 0 Å². The molecule has 0 aromatic heterocycles. The lowest BCUT2D eigenvalue weighted by Gasteiger charge is -2.30. The fraction of sp³-hybridized carbons (Fsp3) is 0.917. The Morgan fingerprint density at radius 1 is 1.14 bits per heavy atom. The van der Waals surface area contributed by atoms with Crippen molar-refractivity contribution in [3.05, 3.63) is 0 Å². The van der Waals surface area contributed by atoms with E-state index in [-0.39, 0.29) is 0 Å². The molecular formula is C12H21NO. The molecule has 2 nitrogen and oxygen atoms in total. The van der Waals surface area contributed by atoms with Gasteiger partial charge in [0.2, 0.25) is 0 Å². The van der Waals surface area contributed by atoms with E-state index in [1.165, 1.54) is 51.6 Å². The van der Waals surface area contributed by atoms with E-state index >= 15 is 0 Å². The zero-order valence-electron chi connectivity index (χ0n) is 8.95. The van der Waals surface area contributed by atoms with Gasteiger partial charge >= 0.3 is 0 Å². The maximum absolute atomic E-state index is 10.4. The van der Waals surface area contributed by atoms with Crippen LogP contribution in [0.3, 0.4) is 0 Å². The molecule has 80 valence electrons. The number of carbonyl (C=O) groups excluding carboxylic acids is 1. The summed E-state index contributed by atoms with van der Waals surface area (Å²) >= 11 is 0. The Kier molecular flexibility index (Phi) is 3.57. The lowest BCUT2D eigenvalue weighted by Crippen LogP contribution is -2.34. The largest absolute Gasteiger partial charge is 0.303 e. The van der Waals surface area contributed by atoms with Gasteiger partial charge in [-0.05, 0) is 31.7 Å². The second kappa shape index (κ2) is 4.92. The average Bonchev–Trinajstić information content (AvgIpc) is 2.68. The number of hydrogen-bond acceptors (Lipinski definition) is 2. The van der Waals surface area contributed by atoms with Crippen LogP contribution in [0.1, 0.15) is 44.9 Å². The maximum atomic E-state index is 10.4. The number of likely N-dealkylation sites (tertiary alicyclic amines) is 1. The van der Waals surface area contributed by atoms with E-state index in [0.29, 0.717) is 5.92 Å². The number of aldehydes is 1. The minimum absolute atomic E-state index is 0.662. The molecule has 14 heavy (non-hydrogen) atoms. The van der Waals surface area contributed by atoms with Crippen molar-refractivity contribution >= 4 is 6.29 Å². The summed E-state index contributed by atoms with van der Waals surface area (Å²) in [6, 6.07) is 0.848. The molecule has 1 aliphatic carbocycles. The standard InChI is InChI=1S/C12H21NO/c14-9-7-11-6-8-13(10-11)12-4-2-1-3-5-12/h9,11-12H,1-8,10H2. The van der Waals surface area contributed by atoms with Crippen molar-refractivity contribution in [1.82, 2.24) is 4.90 Å². The molecule has 1 aliphatic heterocycles. The third-order valence-electron chi connectivity index (χ3n) is 3.84. The van der Waals surface area contributed by atoms with Crippen LogP contribution in [0.5, 0.6) is 0 Å². The molecule has 1 atom stereocenters. The molecule has 1 saturated carbocycles. The molecule has 0 amide bonds. The smallest absolute Gasteiger partial charge is 0.120 e. The lowest BCUT2D eigenvalue weighted by molar-refractivity contribution is -0.108. The van der Waals surface area contributed by atoms with Crippen LogP contribution in [0, 0.1) is 5.92 Å². The molecule has 1 unspecified atom stereocenters. The highest BCUT2D eigenvalue weighted by atomic mass is 16.1. The summed E-state index contributed by atoms with van der Waals surface area (Å²) in [5.41, 5.74) is 0. The molecule has 0 radical (unpaired) electrons. The number of hydrogen-bond donors (Lipinski definition) is 0. The van der Waals surface area contributed by atoms with Crippen molar-refractivity contribution < 1.29 is 4.79 Å². The summed E-state index contributed by atoms with van der Waals surface area (Å²) in [6.45, 7) is 2.42. The summed E-state index contributed by atoms with van der Waals surface area (Å²) in [5.74, 6) is 0.662. The molecule has 2 rings (SSSR count). The van der Waals surface area contributed by atoms with Crippen LogP contribution < -0.4 is 0 Å². The van der Waals surface area contributed by atoms with Crippen LogP contribution in [0.4, 0.5) is 0 Å². The third-order valence-corrected chi connectivity index (χ3v) is 3.84. The van der Waals surface area contributed by atoms with Gasteiger partial charge in [0.15, 0.2) is 0 Å². The van der Waals surface area contributed by atoms with E-state index in [1.807, 2.05) is 0 Å². The van der Waals surface area contributed by atoms with E-state index in [9.17, 15) is 4.79 Å². The van der Waals surface area contributed by atoms with E-state index in [2.05, 4.69) is 4.90 Å².